The quantitative estimate of drug-likeness (QED) is 0.854. The third-order valence-corrected chi connectivity index (χ3v) is 2.89. The van der Waals surface area contributed by atoms with Crippen molar-refractivity contribution in [1.29, 1.82) is 0 Å². The van der Waals surface area contributed by atoms with Gasteiger partial charge in [0.05, 0.1) is 11.7 Å². The predicted octanol–water partition coefficient (Wildman–Crippen LogP) is 2.89. The number of rotatable bonds is 4. The minimum Gasteiger partial charge on any atom is -0.391 e. The smallest absolute Gasteiger partial charge is 0.391 e. The Kier molecular flexibility index (Phi) is 3.28. The van der Waals surface area contributed by atoms with Gasteiger partial charge in [0.1, 0.15) is 0 Å². The second-order valence-corrected chi connectivity index (χ2v) is 4.36. The fraction of sp³-hybridized carbons (Fsp3) is 0.500. The molecule has 0 aliphatic heterocycles. The molecule has 0 heterocycles. The van der Waals surface area contributed by atoms with Gasteiger partial charge in [-0.1, -0.05) is 0 Å². The molecular weight excluding hydrogens is 231 g/mol. The zero-order valence-electron chi connectivity index (χ0n) is 9.17. The van der Waals surface area contributed by atoms with Gasteiger partial charge in [-0.25, -0.2) is 0 Å². The number of alkyl halides is 3. The lowest BCUT2D eigenvalue weighted by Gasteiger charge is -2.12. The monoisotopic (exact) mass is 245 g/mol. The molecule has 1 aliphatic carbocycles. The number of benzene rings is 1. The molecule has 1 unspecified atom stereocenters. The molecule has 1 fully saturated rings. The zero-order chi connectivity index (χ0) is 12.5. The number of aliphatic hydroxyl groups is 1. The van der Waals surface area contributed by atoms with Crippen molar-refractivity contribution in [3.63, 3.8) is 0 Å². The van der Waals surface area contributed by atoms with Gasteiger partial charge in [-0.3, -0.25) is 0 Å². The third kappa shape index (κ3) is 3.36. The first kappa shape index (κ1) is 12.2. The summed E-state index contributed by atoms with van der Waals surface area (Å²) in [5, 5.41) is 12.5. The van der Waals surface area contributed by atoms with Gasteiger partial charge in [-0.05, 0) is 43.0 Å². The van der Waals surface area contributed by atoms with Gasteiger partial charge in [-0.15, -0.1) is 0 Å². The highest BCUT2D eigenvalue weighted by molar-refractivity contribution is 5.45. The summed E-state index contributed by atoms with van der Waals surface area (Å²) in [6.07, 6.45) is -2.63. The first-order valence-electron chi connectivity index (χ1n) is 5.56. The SMILES string of the molecule is OC(CNc1ccc(C(F)(F)F)cc1)C1CC1. The lowest BCUT2D eigenvalue weighted by atomic mass is 10.2. The number of aliphatic hydroxyl groups excluding tert-OH is 1. The number of anilines is 1. The lowest BCUT2D eigenvalue weighted by Crippen LogP contribution is -2.21. The molecule has 1 saturated carbocycles. The van der Waals surface area contributed by atoms with Crippen molar-refractivity contribution in [2.24, 2.45) is 5.92 Å². The normalized spacial score (nSPS) is 17.9. The number of hydrogen-bond donors (Lipinski definition) is 2. The van der Waals surface area contributed by atoms with Crippen LogP contribution in [0.4, 0.5) is 18.9 Å². The van der Waals surface area contributed by atoms with Gasteiger partial charge >= 0.3 is 6.18 Å². The molecule has 0 amide bonds. The van der Waals surface area contributed by atoms with Crippen LogP contribution in [0, 0.1) is 5.92 Å². The molecule has 1 atom stereocenters. The molecule has 0 saturated heterocycles. The van der Waals surface area contributed by atoms with Crippen LogP contribution in [-0.2, 0) is 6.18 Å². The highest BCUT2D eigenvalue weighted by Gasteiger charge is 2.30. The Morgan fingerprint density at radius 1 is 1.24 bits per heavy atom. The van der Waals surface area contributed by atoms with Crippen molar-refractivity contribution in [2.45, 2.75) is 25.1 Å². The summed E-state index contributed by atoms with van der Waals surface area (Å²) in [5.74, 6) is 0.358. The first-order valence-corrected chi connectivity index (χ1v) is 5.56. The molecule has 1 aromatic carbocycles. The molecule has 1 aromatic rings. The number of nitrogens with one attached hydrogen (secondary N) is 1. The average Bonchev–Trinajstić information content (AvgIpc) is 3.09. The molecular formula is C12H14F3NO. The van der Waals surface area contributed by atoms with E-state index in [9.17, 15) is 18.3 Å². The maximum atomic E-state index is 12.3. The maximum Gasteiger partial charge on any atom is 0.416 e. The van der Waals surface area contributed by atoms with Gasteiger partial charge in [0, 0.05) is 12.2 Å². The van der Waals surface area contributed by atoms with E-state index in [1.807, 2.05) is 0 Å². The van der Waals surface area contributed by atoms with Crippen LogP contribution >= 0.6 is 0 Å². The summed E-state index contributed by atoms with van der Waals surface area (Å²) >= 11 is 0. The number of hydrogen-bond acceptors (Lipinski definition) is 2. The molecule has 2 rings (SSSR count). The highest BCUT2D eigenvalue weighted by Crippen LogP contribution is 2.33. The fourth-order valence-corrected chi connectivity index (χ4v) is 1.65. The molecule has 1 aliphatic rings. The van der Waals surface area contributed by atoms with Crippen LogP contribution in [0.2, 0.25) is 0 Å². The van der Waals surface area contributed by atoms with E-state index >= 15 is 0 Å². The Balaban J connectivity index is 1.89. The van der Waals surface area contributed by atoms with Gasteiger partial charge in [0.2, 0.25) is 0 Å². The zero-order valence-corrected chi connectivity index (χ0v) is 9.17. The topological polar surface area (TPSA) is 32.3 Å². The van der Waals surface area contributed by atoms with Gasteiger partial charge in [-0.2, -0.15) is 13.2 Å². The minimum atomic E-state index is -4.30. The van der Waals surface area contributed by atoms with Crippen LogP contribution in [0.15, 0.2) is 24.3 Å². The molecule has 94 valence electrons. The largest absolute Gasteiger partial charge is 0.416 e. The van der Waals surface area contributed by atoms with E-state index in [-0.39, 0.29) is 0 Å². The lowest BCUT2D eigenvalue weighted by molar-refractivity contribution is -0.137. The Hall–Kier alpha value is -1.23. The van der Waals surface area contributed by atoms with E-state index in [1.54, 1.807) is 0 Å². The van der Waals surface area contributed by atoms with Crippen molar-refractivity contribution < 1.29 is 18.3 Å². The van der Waals surface area contributed by atoms with E-state index in [1.165, 1.54) is 12.1 Å². The van der Waals surface area contributed by atoms with Crippen molar-refractivity contribution in [3.05, 3.63) is 29.8 Å². The number of halogens is 3. The Morgan fingerprint density at radius 2 is 1.82 bits per heavy atom. The first-order chi connectivity index (χ1) is 7.97. The van der Waals surface area contributed by atoms with Gasteiger partial charge in [0.15, 0.2) is 0 Å². The van der Waals surface area contributed by atoms with Crippen LogP contribution in [0.25, 0.3) is 0 Å². The van der Waals surface area contributed by atoms with Crippen molar-refractivity contribution in [1.82, 2.24) is 0 Å². The summed E-state index contributed by atoms with van der Waals surface area (Å²) in [7, 11) is 0. The molecule has 2 N–H and O–H groups in total. The van der Waals surface area contributed by atoms with E-state index < -0.39 is 17.8 Å². The molecule has 17 heavy (non-hydrogen) atoms. The summed E-state index contributed by atoms with van der Waals surface area (Å²) in [6, 6.07) is 4.82. The molecule has 0 bridgehead atoms. The molecule has 0 spiro atoms. The van der Waals surface area contributed by atoms with Crippen molar-refractivity contribution in [2.75, 3.05) is 11.9 Å². The Bertz CT molecular complexity index is 370. The summed E-state index contributed by atoms with van der Waals surface area (Å²) in [5.41, 5.74) is -0.0662. The third-order valence-electron chi connectivity index (χ3n) is 2.89. The van der Waals surface area contributed by atoms with Crippen molar-refractivity contribution in [3.8, 4) is 0 Å². The second kappa shape index (κ2) is 4.56. The molecule has 5 heteroatoms. The van der Waals surface area contributed by atoms with Crippen LogP contribution in [0.3, 0.4) is 0 Å². The Labute approximate surface area is 97.5 Å². The Morgan fingerprint density at radius 3 is 2.29 bits per heavy atom. The van der Waals surface area contributed by atoms with Crippen LogP contribution < -0.4 is 5.32 Å². The van der Waals surface area contributed by atoms with Crippen LogP contribution in [-0.4, -0.2) is 17.8 Å². The second-order valence-electron chi connectivity index (χ2n) is 4.36. The maximum absolute atomic E-state index is 12.3. The van der Waals surface area contributed by atoms with E-state index in [0.717, 1.165) is 25.0 Å². The van der Waals surface area contributed by atoms with Gasteiger partial charge < -0.3 is 10.4 Å². The van der Waals surface area contributed by atoms with E-state index in [0.29, 0.717) is 18.2 Å². The van der Waals surface area contributed by atoms with Crippen molar-refractivity contribution >= 4 is 5.69 Å². The van der Waals surface area contributed by atoms with E-state index in [4.69, 9.17) is 0 Å². The van der Waals surface area contributed by atoms with Gasteiger partial charge in [0.25, 0.3) is 0 Å². The van der Waals surface area contributed by atoms with E-state index in [2.05, 4.69) is 5.32 Å². The fourth-order valence-electron chi connectivity index (χ4n) is 1.65. The van der Waals surface area contributed by atoms with Crippen LogP contribution in [0.5, 0.6) is 0 Å². The average molecular weight is 245 g/mol. The standard InChI is InChI=1S/C12H14F3NO/c13-12(14,15)9-3-5-10(6-4-9)16-7-11(17)8-1-2-8/h3-6,8,11,16-17H,1-2,7H2. The van der Waals surface area contributed by atoms with Crippen LogP contribution in [0.1, 0.15) is 18.4 Å². The highest BCUT2D eigenvalue weighted by atomic mass is 19.4. The summed E-state index contributed by atoms with van der Waals surface area (Å²) < 4.78 is 36.9. The predicted molar refractivity (Wildman–Crippen MR) is 58.7 cm³/mol. The molecule has 0 radical (unpaired) electrons. The summed E-state index contributed by atoms with van der Waals surface area (Å²) in [6.45, 7) is 0.385. The summed E-state index contributed by atoms with van der Waals surface area (Å²) in [4.78, 5) is 0. The molecule has 0 aromatic heterocycles. The molecule has 2 nitrogen and oxygen atoms in total. The minimum absolute atomic E-state index is 0.358.